The number of nitrogens with zero attached hydrogens (tertiary/aromatic N) is 2. The van der Waals surface area contributed by atoms with Crippen LogP contribution in [0.3, 0.4) is 0 Å². The summed E-state index contributed by atoms with van der Waals surface area (Å²) in [5.41, 5.74) is 4.92. The normalized spacial score (nSPS) is 27.9. The summed E-state index contributed by atoms with van der Waals surface area (Å²) in [7, 11) is 0. The van der Waals surface area contributed by atoms with Gasteiger partial charge >= 0.3 is 11.7 Å². The lowest BCUT2D eigenvalue weighted by Crippen LogP contribution is -2.34. The predicted molar refractivity (Wildman–Crippen MR) is 74.8 cm³/mol. The third kappa shape index (κ3) is 3.26. The van der Waals surface area contributed by atoms with Gasteiger partial charge in [0.15, 0.2) is 12.5 Å². The van der Waals surface area contributed by atoms with Crippen LogP contribution in [-0.2, 0) is 19.0 Å². The van der Waals surface area contributed by atoms with Crippen LogP contribution in [-0.4, -0.2) is 47.6 Å². The summed E-state index contributed by atoms with van der Waals surface area (Å²) < 4.78 is 17.4. The molecule has 0 radical (unpaired) electrons. The van der Waals surface area contributed by atoms with Crippen molar-refractivity contribution in [2.45, 2.75) is 31.4 Å². The maximum absolute atomic E-state index is 11.8. The molecular weight excluding hydrogens is 292 g/mol. The van der Waals surface area contributed by atoms with Crippen molar-refractivity contribution in [2.75, 3.05) is 25.5 Å². The fourth-order valence-corrected chi connectivity index (χ4v) is 2.46. The molecule has 1 aromatic heterocycles. The second-order valence-electron chi connectivity index (χ2n) is 5.17. The molecule has 0 bridgehead atoms. The van der Waals surface area contributed by atoms with Crippen LogP contribution in [0.25, 0.3) is 0 Å². The van der Waals surface area contributed by atoms with E-state index >= 15 is 0 Å². The molecule has 0 amide bonds. The maximum atomic E-state index is 11.8. The lowest BCUT2D eigenvalue weighted by Gasteiger charge is -2.15. The highest BCUT2D eigenvalue weighted by atomic mass is 16.7. The molecule has 3 atom stereocenters. The van der Waals surface area contributed by atoms with E-state index < -0.39 is 18.2 Å². The van der Waals surface area contributed by atoms with Crippen molar-refractivity contribution in [3.8, 4) is 0 Å². The van der Waals surface area contributed by atoms with Crippen LogP contribution >= 0.6 is 0 Å². The monoisotopic (exact) mass is 310 g/mol. The number of rotatable bonds is 4. The summed E-state index contributed by atoms with van der Waals surface area (Å²) in [6.07, 6.45) is 1.94. The van der Waals surface area contributed by atoms with Crippen molar-refractivity contribution in [2.24, 2.45) is 0 Å². The topological polar surface area (TPSA) is 118 Å². The Morgan fingerprint density at radius 3 is 3.18 bits per heavy atom. The molecule has 0 spiro atoms. The Balaban J connectivity index is 1.51. The van der Waals surface area contributed by atoms with Gasteiger partial charge in [0.2, 0.25) is 0 Å². The van der Waals surface area contributed by atoms with E-state index in [4.69, 9.17) is 19.9 Å². The molecule has 1 aromatic rings. The molecule has 22 heavy (non-hydrogen) atoms. The van der Waals surface area contributed by atoms with E-state index in [2.05, 4.69) is 10.3 Å². The SMILES string of the molecule is Nc1ccn([C@@H]2CO[C@H](COC(=O)C3CCCN3)O2)c(=O)n1. The Labute approximate surface area is 126 Å². The lowest BCUT2D eigenvalue weighted by atomic mass is 10.2. The minimum absolute atomic E-state index is 0.00926. The van der Waals surface area contributed by atoms with E-state index in [1.165, 1.54) is 16.8 Å². The largest absolute Gasteiger partial charge is 0.459 e. The van der Waals surface area contributed by atoms with Crippen LogP contribution in [0, 0.1) is 0 Å². The fraction of sp³-hybridized carbons (Fsp3) is 0.615. The molecule has 1 unspecified atom stereocenters. The number of ether oxygens (including phenoxy) is 3. The molecule has 0 aromatic carbocycles. The Morgan fingerprint density at radius 1 is 1.59 bits per heavy atom. The molecule has 9 heteroatoms. The summed E-state index contributed by atoms with van der Waals surface area (Å²) in [5.74, 6) is -0.158. The number of hydrogen-bond acceptors (Lipinski definition) is 8. The molecular formula is C13H18N4O5. The van der Waals surface area contributed by atoms with E-state index in [9.17, 15) is 9.59 Å². The lowest BCUT2D eigenvalue weighted by molar-refractivity contribution is -0.161. The molecule has 2 fully saturated rings. The van der Waals surface area contributed by atoms with Gasteiger partial charge in [-0.2, -0.15) is 4.98 Å². The average molecular weight is 310 g/mol. The van der Waals surface area contributed by atoms with Crippen molar-refractivity contribution >= 4 is 11.8 Å². The highest BCUT2D eigenvalue weighted by molar-refractivity contribution is 5.76. The van der Waals surface area contributed by atoms with Crippen LogP contribution in [0.1, 0.15) is 19.1 Å². The molecule has 120 valence electrons. The van der Waals surface area contributed by atoms with Gasteiger partial charge < -0.3 is 25.3 Å². The molecule has 9 nitrogen and oxygen atoms in total. The maximum Gasteiger partial charge on any atom is 0.351 e. The van der Waals surface area contributed by atoms with Gasteiger partial charge in [-0.3, -0.25) is 9.36 Å². The van der Waals surface area contributed by atoms with Gasteiger partial charge in [0, 0.05) is 6.20 Å². The Hall–Kier alpha value is -1.97. The first-order chi connectivity index (χ1) is 10.6. The molecule has 2 aliphatic rings. The first kappa shape index (κ1) is 14.9. The number of esters is 1. The zero-order chi connectivity index (χ0) is 15.5. The zero-order valence-corrected chi connectivity index (χ0v) is 11.9. The quantitative estimate of drug-likeness (QED) is 0.679. The van der Waals surface area contributed by atoms with Gasteiger partial charge in [0.25, 0.3) is 0 Å². The predicted octanol–water partition coefficient (Wildman–Crippen LogP) is -1.01. The third-order valence-corrected chi connectivity index (χ3v) is 3.60. The minimum atomic E-state index is -0.695. The zero-order valence-electron chi connectivity index (χ0n) is 11.9. The van der Waals surface area contributed by atoms with Gasteiger partial charge in [-0.25, -0.2) is 4.79 Å². The molecule has 2 saturated heterocycles. The van der Waals surface area contributed by atoms with Crippen LogP contribution in [0.2, 0.25) is 0 Å². The van der Waals surface area contributed by atoms with Gasteiger partial charge in [-0.05, 0) is 25.5 Å². The van der Waals surface area contributed by atoms with Gasteiger partial charge in [-0.15, -0.1) is 0 Å². The number of nitrogen functional groups attached to an aromatic ring is 1. The number of nitrogens with two attached hydrogens (primary N) is 1. The Morgan fingerprint density at radius 2 is 2.45 bits per heavy atom. The standard InChI is InChI=1S/C13H18N4O5/c14-9-3-5-17(13(19)16-9)10-6-20-11(22-10)7-21-12(18)8-2-1-4-15-8/h3,5,8,10-11,15H,1-2,4,6-7H2,(H2,14,16,19)/t8?,10-,11-/m0/s1. The van der Waals surface area contributed by atoms with Crippen LogP contribution in [0.5, 0.6) is 0 Å². The van der Waals surface area contributed by atoms with Crippen molar-refractivity contribution in [1.82, 2.24) is 14.9 Å². The van der Waals surface area contributed by atoms with Crippen molar-refractivity contribution in [3.05, 3.63) is 22.7 Å². The summed E-state index contributed by atoms with van der Waals surface area (Å²) in [5, 5.41) is 3.06. The van der Waals surface area contributed by atoms with E-state index in [0.29, 0.717) is 0 Å². The van der Waals surface area contributed by atoms with Crippen LogP contribution in [0.15, 0.2) is 17.1 Å². The van der Waals surface area contributed by atoms with Crippen molar-refractivity contribution in [3.63, 3.8) is 0 Å². The average Bonchev–Trinajstić information content (AvgIpc) is 3.16. The summed E-state index contributed by atoms with van der Waals surface area (Å²) in [4.78, 5) is 27.1. The number of carbonyl (C=O) groups is 1. The number of hydrogen-bond donors (Lipinski definition) is 2. The van der Waals surface area contributed by atoms with Crippen LogP contribution in [0.4, 0.5) is 5.82 Å². The second-order valence-corrected chi connectivity index (χ2v) is 5.17. The molecule has 3 N–H and O–H groups in total. The molecule has 3 heterocycles. The number of aromatic nitrogens is 2. The Bertz CT molecular complexity index is 598. The molecule has 2 aliphatic heterocycles. The summed E-state index contributed by atoms with van der Waals surface area (Å²) in [6, 6.07) is 1.25. The highest BCUT2D eigenvalue weighted by Gasteiger charge is 2.30. The third-order valence-electron chi connectivity index (χ3n) is 3.60. The summed E-state index contributed by atoms with van der Waals surface area (Å²) in [6.45, 7) is 0.991. The molecule has 0 aliphatic carbocycles. The smallest absolute Gasteiger partial charge is 0.351 e. The first-order valence-electron chi connectivity index (χ1n) is 7.15. The van der Waals surface area contributed by atoms with Crippen molar-refractivity contribution in [1.29, 1.82) is 0 Å². The van der Waals surface area contributed by atoms with E-state index in [0.717, 1.165) is 19.4 Å². The first-order valence-corrected chi connectivity index (χ1v) is 7.15. The molecule has 0 saturated carbocycles. The number of carbonyl (C=O) groups excluding carboxylic acids is 1. The summed E-state index contributed by atoms with van der Waals surface area (Å²) >= 11 is 0. The van der Waals surface area contributed by atoms with Crippen LogP contribution < -0.4 is 16.7 Å². The fourth-order valence-electron chi connectivity index (χ4n) is 2.46. The van der Waals surface area contributed by atoms with Gasteiger partial charge in [0.05, 0.1) is 6.61 Å². The number of nitrogens with one attached hydrogen (secondary N) is 1. The Kier molecular flexibility index (Phi) is 4.36. The van der Waals surface area contributed by atoms with E-state index in [1.54, 1.807) is 0 Å². The number of anilines is 1. The van der Waals surface area contributed by atoms with Gasteiger partial charge in [-0.1, -0.05) is 0 Å². The highest BCUT2D eigenvalue weighted by Crippen LogP contribution is 2.20. The minimum Gasteiger partial charge on any atom is -0.459 e. The second kappa shape index (κ2) is 6.42. The van der Waals surface area contributed by atoms with E-state index in [1.807, 2.05) is 0 Å². The van der Waals surface area contributed by atoms with Gasteiger partial charge in [0.1, 0.15) is 18.5 Å². The van der Waals surface area contributed by atoms with Crippen molar-refractivity contribution < 1.29 is 19.0 Å². The molecule has 3 rings (SSSR count). The van der Waals surface area contributed by atoms with E-state index in [-0.39, 0.29) is 31.0 Å².